The van der Waals surface area contributed by atoms with E-state index in [0.29, 0.717) is 11.3 Å². The van der Waals surface area contributed by atoms with Gasteiger partial charge in [-0.2, -0.15) is 5.26 Å². The Morgan fingerprint density at radius 1 is 1.11 bits per heavy atom. The lowest BCUT2D eigenvalue weighted by Crippen LogP contribution is -2.08. The highest BCUT2D eigenvalue weighted by Gasteiger charge is 2.02. The highest BCUT2D eigenvalue weighted by molar-refractivity contribution is 5.65. The van der Waals surface area contributed by atoms with Crippen molar-refractivity contribution in [1.82, 2.24) is 0 Å². The normalized spacial score (nSPS) is 9.79. The van der Waals surface area contributed by atoms with Crippen LogP contribution in [0.25, 0.3) is 0 Å². The average molecular weight is 255 g/mol. The fourth-order valence-corrected chi connectivity index (χ4v) is 1.75. The lowest BCUT2D eigenvalue weighted by Gasteiger charge is -2.14. The van der Waals surface area contributed by atoms with Crippen molar-refractivity contribution >= 4 is 17.1 Å². The molecule has 2 aromatic rings. The van der Waals surface area contributed by atoms with Crippen LogP contribution in [-0.2, 0) is 0 Å². The molecule has 0 bridgehead atoms. The Morgan fingerprint density at radius 3 is 2.58 bits per heavy atom. The van der Waals surface area contributed by atoms with Gasteiger partial charge in [0.15, 0.2) is 0 Å². The summed E-state index contributed by atoms with van der Waals surface area (Å²) in [4.78, 5) is 1.98. The molecule has 4 heteroatoms. The molecule has 0 aliphatic rings. The number of hydrogen-bond acceptors (Lipinski definition) is 3. The highest BCUT2D eigenvalue weighted by atomic mass is 19.1. The van der Waals surface area contributed by atoms with E-state index in [1.807, 2.05) is 49.3 Å². The summed E-state index contributed by atoms with van der Waals surface area (Å²) in [5.74, 6) is -0.426. The Morgan fingerprint density at radius 2 is 1.89 bits per heavy atom. The summed E-state index contributed by atoms with van der Waals surface area (Å²) >= 11 is 0. The van der Waals surface area contributed by atoms with Crippen molar-refractivity contribution in [3.8, 4) is 6.07 Å². The fourth-order valence-electron chi connectivity index (χ4n) is 1.75. The first-order chi connectivity index (χ1) is 9.08. The summed E-state index contributed by atoms with van der Waals surface area (Å²) in [7, 11) is 3.91. The zero-order chi connectivity index (χ0) is 13.8. The molecule has 0 radical (unpaired) electrons. The summed E-state index contributed by atoms with van der Waals surface area (Å²) in [5, 5.41) is 11.9. The molecule has 0 saturated heterocycles. The Bertz CT molecular complexity index is 630. The van der Waals surface area contributed by atoms with Crippen LogP contribution in [0.15, 0.2) is 42.5 Å². The molecular formula is C15H14FN3. The van der Waals surface area contributed by atoms with Crippen molar-refractivity contribution in [3.05, 3.63) is 53.8 Å². The monoisotopic (exact) mass is 255 g/mol. The minimum Gasteiger partial charge on any atom is -0.378 e. The maximum Gasteiger partial charge on any atom is 0.126 e. The third kappa shape index (κ3) is 3.23. The molecule has 0 spiro atoms. The van der Waals surface area contributed by atoms with Crippen molar-refractivity contribution in [2.75, 3.05) is 24.3 Å². The molecule has 0 unspecified atom stereocenters. The van der Waals surface area contributed by atoms with Crippen LogP contribution in [0.1, 0.15) is 5.56 Å². The van der Waals surface area contributed by atoms with Gasteiger partial charge in [0.1, 0.15) is 5.82 Å². The first-order valence-electron chi connectivity index (χ1n) is 5.83. The number of nitriles is 1. The highest BCUT2D eigenvalue weighted by Crippen LogP contribution is 2.22. The summed E-state index contributed by atoms with van der Waals surface area (Å²) in [5.41, 5.74) is 2.75. The van der Waals surface area contributed by atoms with Gasteiger partial charge >= 0.3 is 0 Å². The van der Waals surface area contributed by atoms with E-state index in [-0.39, 0.29) is 0 Å². The third-order valence-corrected chi connectivity index (χ3v) is 2.68. The van der Waals surface area contributed by atoms with Crippen molar-refractivity contribution < 1.29 is 4.39 Å². The Balaban J connectivity index is 2.28. The maximum atomic E-state index is 13.3. The molecule has 0 aliphatic carbocycles. The zero-order valence-corrected chi connectivity index (χ0v) is 10.8. The van der Waals surface area contributed by atoms with Crippen LogP contribution in [0.5, 0.6) is 0 Å². The molecular weight excluding hydrogens is 241 g/mol. The second-order valence-corrected chi connectivity index (χ2v) is 4.41. The van der Waals surface area contributed by atoms with Crippen LogP contribution < -0.4 is 10.2 Å². The van der Waals surface area contributed by atoms with Gasteiger partial charge < -0.3 is 10.2 Å². The fraction of sp³-hybridized carbons (Fsp3) is 0.133. The van der Waals surface area contributed by atoms with Crippen molar-refractivity contribution in [1.29, 1.82) is 5.26 Å². The van der Waals surface area contributed by atoms with E-state index in [1.165, 1.54) is 12.1 Å². The molecule has 0 amide bonds. The second kappa shape index (κ2) is 5.40. The summed E-state index contributed by atoms with van der Waals surface area (Å²) in [6.07, 6.45) is 0. The lowest BCUT2D eigenvalue weighted by molar-refractivity contribution is 0.628. The summed E-state index contributed by atoms with van der Waals surface area (Å²) in [6, 6.07) is 13.9. The van der Waals surface area contributed by atoms with Gasteiger partial charge in [0, 0.05) is 31.2 Å². The number of rotatable bonds is 3. The minimum absolute atomic E-state index is 0.297. The van der Waals surface area contributed by atoms with E-state index >= 15 is 0 Å². The molecule has 1 N–H and O–H groups in total. The molecule has 19 heavy (non-hydrogen) atoms. The zero-order valence-electron chi connectivity index (χ0n) is 10.8. The van der Waals surface area contributed by atoms with Gasteiger partial charge in [0.25, 0.3) is 0 Å². The standard InChI is InChI=1S/C15H14FN3/c1-19(2)15-5-3-4-13(9-15)18-14-7-11(10-17)6-12(16)8-14/h3-9,18H,1-2H3. The molecule has 0 aromatic heterocycles. The predicted molar refractivity (Wildman–Crippen MR) is 75.2 cm³/mol. The molecule has 0 aliphatic heterocycles. The number of hydrogen-bond donors (Lipinski definition) is 1. The Kier molecular flexibility index (Phi) is 3.67. The molecule has 2 rings (SSSR count). The van der Waals surface area contributed by atoms with E-state index < -0.39 is 5.82 Å². The first kappa shape index (κ1) is 12.9. The number of nitrogens with one attached hydrogen (secondary N) is 1. The van der Waals surface area contributed by atoms with E-state index in [4.69, 9.17) is 5.26 Å². The van der Waals surface area contributed by atoms with Crippen LogP contribution in [0.4, 0.5) is 21.5 Å². The van der Waals surface area contributed by atoms with Gasteiger partial charge in [-0.3, -0.25) is 0 Å². The number of anilines is 3. The van der Waals surface area contributed by atoms with Crippen molar-refractivity contribution in [2.24, 2.45) is 0 Å². The molecule has 0 heterocycles. The largest absolute Gasteiger partial charge is 0.378 e. The Labute approximate surface area is 111 Å². The molecule has 3 nitrogen and oxygen atoms in total. The van der Waals surface area contributed by atoms with Gasteiger partial charge in [-0.1, -0.05) is 6.07 Å². The smallest absolute Gasteiger partial charge is 0.126 e. The average Bonchev–Trinajstić information content (AvgIpc) is 2.38. The molecule has 0 saturated carbocycles. The SMILES string of the molecule is CN(C)c1cccc(Nc2cc(F)cc(C#N)c2)c1. The quantitative estimate of drug-likeness (QED) is 0.912. The van der Waals surface area contributed by atoms with Gasteiger partial charge in [-0.05, 0) is 36.4 Å². The minimum atomic E-state index is -0.426. The molecule has 0 fully saturated rings. The number of halogens is 1. The molecule has 2 aromatic carbocycles. The van der Waals surface area contributed by atoms with Crippen LogP contribution >= 0.6 is 0 Å². The third-order valence-electron chi connectivity index (χ3n) is 2.68. The van der Waals surface area contributed by atoms with E-state index in [0.717, 1.165) is 11.4 Å². The lowest BCUT2D eigenvalue weighted by atomic mass is 10.2. The van der Waals surface area contributed by atoms with E-state index in [9.17, 15) is 4.39 Å². The van der Waals surface area contributed by atoms with E-state index in [1.54, 1.807) is 6.07 Å². The molecule has 0 atom stereocenters. The van der Waals surface area contributed by atoms with Crippen LogP contribution in [0, 0.1) is 17.1 Å². The van der Waals surface area contributed by atoms with Gasteiger partial charge in [-0.15, -0.1) is 0 Å². The van der Waals surface area contributed by atoms with E-state index in [2.05, 4.69) is 5.32 Å². The van der Waals surface area contributed by atoms with Gasteiger partial charge in [0.2, 0.25) is 0 Å². The summed E-state index contributed by atoms with van der Waals surface area (Å²) < 4.78 is 13.3. The van der Waals surface area contributed by atoms with Gasteiger partial charge in [0.05, 0.1) is 11.6 Å². The number of nitrogens with zero attached hydrogens (tertiary/aromatic N) is 2. The second-order valence-electron chi connectivity index (χ2n) is 4.41. The first-order valence-corrected chi connectivity index (χ1v) is 5.83. The number of benzene rings is 2. The Hall–Kier alpha value is -2.54. The maximum absolute atomic E-state index is 13.3. The summed E-state index contributed by atoms with van der Waals surface area (Å²) in [6.45, 7) is 0. The van der Waals surface area contributed by atoms with Crippen LogP contribution in [0.2, 0.25) is 0 Å². The molecule has 96 valence electrons. The van der Waals surface area contributed by atoms with Crippen molar-refractivity contribution in [2.45, 2.75) is 0 Å². The van der Waals surface area contributed by atoms with Crippen molar-refractivity contribution in [3.63, 3.8) is 0 Å². The van der Waals surface area contributed by atoms with Crippen LogP contribution in [-0.4, -0.2) is 14.1 Å². The predicted octanol–water partition coefficient (Wildman–Crippen LogP) is 3.51. The topological polar surface area (TPSA) is 39.1 Å². The van der Waals surface area contributed by atoms with Crippen LogP contribution in [0.3, 0.4) is 0 Å². The van der Waals surface area contributed by atoms with Gasteiger partial charge in [-0.25, -0.2) is 4.39 Å².